The van der Waals surface area contributed by atoms with Crippen LogP contribution >= 0.6 is 11.6 Å². The molecule has 2 heterocycles. The molecule has 0 atom stereocenters. The van der Waals surface area contributed by atoms with E-state index in [1.165, 1.54) is 6.21 Å². The molecule has 0 radical (unpaired) electrons. The highest BCUT2D eigenvalue weighted by Crippen LogP contribution is 2.20. The molecule has 0 aliphatic carbocycles. The zero-order chi connectivity index (χ0) is 15.5. The van der Waals surface area contributed by atoms with Crippen molar-refractivity contribution in [1.29, 1.82) is 0 Å². The van der Waals surface area contributed by atoms with Gasteiger partial charge in [-0.2, -0.15) is 5.10 Å². The topological polar surface area (TPSA) is 70.1 Å². The summed E-state index contributed by atoms with van der Waals surface area (Å²) in [5.74, 6) is -0.318. The van der Waals surface area contributed by atoms with Gasteiger partial charge in [0.2, 0.25) is 0 Å². The van der Waals surface area contributed by atoms with Crippen molar-refractivity contribution in [3.63, 3.8) is 0 Å². The number of aromatic amines is 1. The minimum Gasteiger partial charge on any atom is -0.357 e. The van der Waals surface area contributed by atoms with Crippen molar-refractivity contribution in [2.45, 2.75) is 6.92 Å². The number of benzene rings is 1. The first-order valence-electron chi connectivity index (χ1n) is 6.67. The van der Waals surface area contributed by atoms with Gasteiger partial charge in [0.1, 0.15) is 10.8 Å². The first kappa shape index (κ1) is 14.3. The molecule has 0 unspecified atom stereocenters. The molecule has 0 aliphatic heterocycles. The maximum absolute atomic E-state index is 11.7. The monoisotopic (exact) mass is 312 g/mol. The fourth-order valence-corrected chi connectivity index (χ4v) is 2.25. The number of hydrogen-bond donors (Lipinski definition) is 2. The van der Waals surface area contributed by atoms with Crippen molar-refractivity contribution in [3.8, 4) is 0 Å². The fourth-order valence-electron chi connectivity index (χ4n) is 2.05. The van der Waals surface area contributed by atoms with Gasteiger partial charge in [-0.25, -0.2) is 10.4 Å². The lowest BCUT2D eigenvalue weighted by Crippen LogP contribution is -2.17. The summed E-state index contributed by atoms with van der Waals surface area (Å²) >= 11 is 6.15. The van der Waals surface area contributed by atoms with Gasteiger partial charge in [-0.1, -0.05) is 23.7 Å². The zero-order valence-corrected chi connectivity index (χ0v) is 12.6. The van der Waals surface area contributed by atoms with Gasteiger partial charge in [0.15, 0.2) is 0 Å². The number of halogens is 1. The van der Waals surface area contributed by atoms with Gasteiger partial charge < -0.3 is 4.98 Å². The number of nitrogens with zero attached hydrogens (tertiary/aromatic N) is 2. The number of hydrazone groups is 1. The molecule has 3 rings (SSSR count). The number of carbonyl (C=O) groups excluding carboxylic acids is 1. The Bertz CT molecular complexity index is 856. The van der Waals surface area contributed by atoms with E-state index >= 15 is 0 Å². The van der Waals surface area contributed by atoms with E-state index in [0.29, 0.717) is 16.4 Å². The Balaban J connectivity index is 1.81. The number of aromatic nitrogens is 2. The number of pyridine rings is 1. The molecular weight excluding hydrogens is 300 g/mol. The number of rotatable bonds is 3. The Kier molecular flexibility index (Phi) is 3.89. The average molecular weight is 313 g/mol. The number of aryl methyl sites for hydroxylation is 1. The molecule has 1 amide bonds. The molecule has 3 aromatic rings. The van der Waals surface area contributed by atoms with Crippen molar-refractivity contribution < 1.29 is 4.79 Å². The van der Waals surface area contributed by atoms with Gasteiger partial charge in [-0.05, 0) is 36.8 Å². The second kappa shape index (κ2) is 5.99. The predicted molar refractivity (Wildman–Crippen MR) is 87.3 cm³/mol. The van der Waals surface area contributed by atoms with Crippen molar-refractivity contribution in [2.24, 2.45) is 5.10 Å². The summed E-state index contributed by atoms with van der Waals surface area (Å²) < 4.78 is 0. The molecular formula is C16H13ClN4O. The highest BCUT2D eigenvalue weighted by atomic mass is 35.5. The molecule has 0 spiro atoms. The maximum atomic E-state index is 11.7. The Morgan fingerprint density at radius 1 is 1.36 bits per heavy atom. The van der Waals surface area contributed by atoms with E-state index in [0.717, 1.165) is 16.5 Å². The van der Waals surface area contributed by atoms with E-state index in [2.05, 4.69) is 20.5 Å². The van der Waals surface area contributed by atoms with Crippen molar-refractivity contribution >= 4 is 34.6 Å². The lowest BCUT2D eigenvalue weighted by molar-refractivity contribution is 0.0951. The van der Waals surface area contributed by atoms with Gasteiger partial charge >= 0.3 is 0 Å². The fraction of sp³-hybridized carbons (Fsp3) is 0.0625. The smallest absolute Gasteiger partial charge is 0.287 e. The van der Waals surface area contributed by atoms with Gasteiger partial charge in [-0.3, -0.25) is 4.79 Å². The molecule has 0 bridgehead atoms. The molecule has 2 N–H and O–H groups in total. The largest absolute Gasteiger partial charge is 0.357 e. The number of nitrogens with one attached hydrogen (secondary N) is 2. The number of H-pyrrole nitrogens is 1. The molecule has 0 saturated carbocycles. The third-order valence-corrected chi connectivity index (χ3v) is 3.47. The van der Waals surface area contributed by atoms with Crippen molar-refractivity contribution in [3.05, 3.63) is 64.6 Å². The van der Waals surface area contributed by atoms with E-state index in [1.807, 2.05) is 31.2 Å². The lowest BCUT2D eigenvalue weighted by Gasteiger charge is -2.03. The SMILES string of the molecule is Cc1ccc2cc(/C=N\NC(=O)c3ccc[nH]3)c(Cl)nc2c1. The Morgan fingerprint density at radius 3 is 3.00 bits per heavy atom. The standard InChI is InChI=1S/C16H13ClN4O/c1-10-4-5-11-8-12(15(17)20-14(11)7-10)9-19-21-16(22)13-3-2-6-18-13/h2-9,18H,1H3,(H,21,22)/b19-9-. The average Bonchev–Trinajstić information content (AvgIpc) is 3.02. The summed E-state index contributed by atoms with van der Waals surface area (Å²) in [4.78, 5) is 18.9. The van der Waals surface area contributed by atoms with Crippen LogP contribution in [-0.4, -0.2) is 22.1 Å². The van der Waals surface area contributed by atoms with Crippen molar-refractivity contribution in [2.75, 3.05) is 0 Å². The van der Waals surface area contributed by atoms with Crippen LogP contribution in [0.3, 0.4) is 0 Å². The second-order valence-electron chi connectivity index (χ2n) is 4.85. The van der Waals surface area contributed by atoms with Crippen LogP contribution in [0.2, 0.25) is 5.15 Å². The molecule has 5 nitrogen and oxygen atoms in total. The van der Waals surface area contributed by atoms with Crippen LogP contribution in [0.5, 0.6) is 0 Å². The van der Waals surface area contributed by atoms with E-state index in [9.17, 15) is 4.79 Å². The minimum absolute atomic E-state index is 0.318. The summed E-state index contributed by atoms with van der Waals surface area (Å²) in [6, 6.07) is 11.2. The molecule has 0 aliphatic rings. The van der Waals surface area contributed by atoms with Crippen LogP contribution in [0.15, 0.2) is 47.7 Å². The van der Waals surface area contributed by atoms with Gasteiger partial charge in [-0.15, -0.1) is 0 Å². The van der Waals surface area contributed by atoms with Crippen LogP contribution < -0.4 is 5.43 Å². The first-order valence-corrected chi connectivity index (χ1v) is 7.05. The number of fused-ring (bicyclic) bond motifs is 1. The van der Waals surface area contributed by atoms with E-state index < -0.39 is 0 Å². The summed E-state index contributed by atoms with van der Waals surface area (Å²) in [5, 5.41) is 5.22. The third-order valence-electron chi connectivity index (χ3n) is 3.17. The minimum atomic E-state index is -0.318. The normalized spacial score (nSPS) is 11.2. The Hall–Kier alpha value is -2.66. The molecule has 6 heteroatoms. The van der Waals surface area contributed by atoms with Crippen molar-refractivity contribution in [1.82, 2.24) is 15.4 Å². The van der Waals surface area contributed by atoms with Crippen LogP contribution in [-0.2, 0) is 0 Å². The zero-order valence-electron chi connectivity index (χ0n) is 11.8. The molecule has 0 fully saturated rings. The summed E-state index contributed by atoms with van der Waals surface area (Å²) in [5.41, 5.74) is 5.47. The lowest BCUT2D eigenvalue weighted by atomic mass is 10.1. The molecule has 1 aromatic carbocycles. The maximum Gasteiger partial charge on any atom is 0.287 e. The Morgan fingerprint density at radius 2 is 2.23 bits per heavy atom. The number of hydrogen-bond acceptors (Lipinski definition) is 3. The quantitative estimate of drug-likeness (QED) is 0.442. The van der Waals surface area contributed by atoms with Gasteiger partial charge in [0.05, 0.1) is 11.7 Å². The van der Waals surface area contributed by atoms with Gasteiger partial charge in [0, 0.05) is 17.1 Å². The van der Waals surface area contributed by atoms with E-state index in [-0.39, 0.29) is 5.91 Å². The summed E-state index contributed by atoms with van der Waals surface area (Å²) in [7, 11) is 0. The third kappa shape index (κ3) is 2.99. The van der Waals surface area contributed by atoms with Crippen LogP contribution in [0.25, 0.3) is 10.9 Å². The summed E-state index contributed by atoms with van der Waals surface area (Å²) in [6.07, 6.45) is 3.15. The van der Waals surface area contributed by atoms with E-state index in [4.69, 9.17) is 11.6 Å². The molecule has 110 valence electrons. The highest BCUT2D eigenvalue weighted by molar-refractivity contribution is 6.32. The molecule has 22 heavy (non-hydrogen) atoms. The molecule has 2 aromatic heterocycles. The summed E-state index contributed by atoms with van der Waals surface area (Å²) in [6.45, 7) is 2.00. The van der Waals surface area contributed by atoms with Crippen LogP contribution in [0, 0.1) is 6.92 Å². The van der Waals surface area contributed by atoms with Gasteiger partial charge in [0.25, 0.3) is 5.91 Å². The predicted octanol–water partition coefficient (Wildman–Crippen LogP) is 3.29. The van der Waals surface area contributed by atoms with E-state index in [1.54, 1.807) is 18.3 Å². The second-order valence-corrected chi connectivity index (χ2v) is 5.21. The molecule has 0 saturated heterocycles. The van der Waals surface area contributed by atoms with Crippen LogP contribution in [0.4, 0.5) is 0 Å². The Labute approximate surface area is 132 Å². The first-order chi connectivity index (χ1) is 10.6. The van der Waals surface area contributed by atoms with Crippen LogP contribution in [0.1, 0.15) is 21.6 Å². The highest BCUT2D eigenvalue weighted by Gasteiger charge is 2.05. The number of amides is 1. The number of carbonyl (C=O) groups is 1.